The standard InChI is InChI=1S/C94H56N6/c95-57-71-90(98-79-49-25-17-39-65(79)66-40-18-26-50-80(66)98)92(100-82-52-28-20-44-70(82)88-84(100)56-54-76-86(88)68-42-14-22-46-74(68)94(76,61-33-9-3-10-34-61)62-35-11-4-12-36-62)72(58-96)89(97-77-47-23-15-37-63(77)64-38-16-24-48-78(64)97)91(71)99-81-51-27-19-43-69(81)87-83(99)55-53-75-85(87)67-41-13-21-45-73(67)93(75,59-29-5-1-6-30-59)60-31-7-2-8-32-60/h1-56H. The van der Waals surface area contributed by atoms with Crippen molar-refractivity contribution in [2.75, 3.05) is 0 Å². The Bertz CT molecular complexity index is 6190. The zero-order valence-electron chi connectivity index (χ0n) is 54.0. The van der Waals surface area contributed by atoms with Crippen molar-refractivity contribution in [2.45, 2.75) is 10.8 Å². The van der Waals surface area contributed by atoms with Gasteiger partial charge in [0.15, 0.2) is 0 Å². The minimum Gasteiger partial charge on any atom is -0.306 e. The second kappa shape index (κ2) is 21.0. The van der Waals surface area contributed by atoms with Crippen molar-refractivity contribution >= 4 is 87.2 Å². The van der Waals surface area contributed by atoms with Crippen LogP contribution in [0.25, 0.3) is 132 Å². The summed E-state index contributed by atoms with van der Waals surface area (Å²) in [6.45, 7) is 0. The van der Waals surface area contributed by atoms with Crippen LogP contribution in [0.1, 0.15) is 55.6 Å². The maximum Gasteiger partial charge on any atom is 0.104 e. The van der Waals surface area contributed by atoms with Gasteiger partial charge in [-0.15, -0.1) is 0 Å². The van der Waals surface area contributed by atoms with Crippen LogP contribution in [-0.2, 0) is 10.8 Å². The molecule has 4 heterocycles. The molecule has 0 fully saturated rings. The number of rotatable bonds is 8. The van der Waals surface area contributed by atoms with E-state index in [0.29, 0.717) is 33.9 Å². The van der Waals surface area contributed by atoms with Gasteiger partial charge in [-0.2, -0.15) is 10.5 Å². The van der Waals surface area contributed by atoms with Gasteiger partial charge in [-0.1, -0.05) is 291 Å². The molecule has 0 N–H and O–H groups in total. The first-order chi connectivity index (χ1) is 49.6. The second-order valence-electron chi connectivity index (χ2n) is 26.6. The van der Waals surface area contributed by atoms with Crippen molar-refractivity contribution in [3.05, 3.63) is 395 Å². The largest absolute Gasteiger partial charge is 0.306 e. The third kappa shape index (κ3) is 7.07. The lowest BCUT2D eigenvalue weighted by molar-refractivity contribution is 0.769. The van der Waals surface area contributed by atoms with Gasteiger partial charge in [0.25, 0.3) is 0 Å². The van der Waals surface area contributed by atoms with Crippen LogP contribution in [0, 0.1) is 22.7 Å². The summed E-state index contributed by atoms with van der Waals surface area (Å²) in [5.74, 6) is 0. The Kier molecular flexibility index (Phi) is 11.7. The van der Waals surface area contributed by atoms with Crippen LogP contribution in [-0.4, -0.2) is 18.3 Å². The molecule has 6 nitrogen and oxygen atoms in total. The second-order valence-corrected chi connectivity index (χ2v) is 26.6. The average Bonchev–Trinajstić information content (AvgIpc) is 1.49. The van der Waals surface area contributed by atoms with Crippen LogP contribution < -0.4 is 0 Å². The van der Waals surface area contributed by atoms with Crippen LogP contribution in [0.4, 0.5) is 0 Å². The van der Waals surface area contributed by atoms with E-state index in [0.717, 1.165) is 109 Å². The summed E-state index contributed by atoms with van der Waals surface area (Å²) in [4.78, 5) is 0. The Morgan fingerprint density at radius 2 is 0.450 bits per heavy atom. The molecule has 0 radical (unpaired) electrons. The quantitative estimate of drug-likeness (QED) is 0.152. The highest BCUT2D eigenvalue weighted by atomic mass is 15.1. The lowest BCUT2D eigenvalue weighted by atomic mass is 9.67. The molecule has 15 aromatic carbocycles. The van der Waals surface area contributed by atoms with E-state index in [1.54, 1.807) is 0 Å². The third-order valence-electron chi connectivity index (χ3n) is 22.2. The molecule has 0 atom stereocenters. The number of benzene rings is 15. The summed E-state index contributed by atoms with van der Waals surface area (Å²) >= 11 is 0. The summed E-state index contributed by atoms with van der Waals surface area (Å²) in [6, 6.07) is 129. The van der Waals surface area contributed by atoms with E-state index in [1.807, 2.05) is 0 Å². The highest BCUT2D eigenvalue weighted by Crippen LogP contribution is 2.62. The zero-order chi connectivity index (χ0) is 66.0. The fourth-order valence-electron chi connectivity index (χ4n) is 18.6. The zero-order valence-corrected chi connectivity index (χ0v) is 54.0. The minimum absolute atomic E-state index is 0.397. The fourth-order valence-corrected chi connectivity index (χ4v) is 18.6. The number of hydrogen-bond acceptors (Lipinski definition) is 2. The van der Waals surface area contributed by atoms with Gasteiger partial charge in [-0.25, -0.2) is 0 Å². The van der Waals surface area contributed by atoms with Crippen LogP contribution in [0.3, 0.4) is 0 Å². The Hall–Kier alpha value is -13.5. The van der Waals surface area contributed by atoms with Crippen molar-refractivity contribution in [3.63, 3.8) is 0 Å². The SMILES string of the molecule is N#Cc1c(-n2c3ccccc3c3ccccc32)c(-n2c3ccccc3c3c4c(ccc32)C(c2ccccc2)(c2ccccc2)c2ccccc2-4)c(C#N)c(-n2c3ccccc3c3ccccc32)c1-n1c2ccccc2c2c3c(ccc21)C(c1ccccc1)(c1ccccc1)c1ccccc1-3. The number of hydrogen-bond donors (Lipinski definition) is 0. The van der Waals surface area contributed by atoms with Crippen molar-refractivity contribution in [2.24, 2.45) is 0 Å². The van der Waals surface area contributed by atoms with E-state index in [2.05, 4.69) is 370 Å². The Morgan fingerprint density at radius 3 is 0.750 bits per heavy atom. The van der Waals surface area contributed by atoms with E-state index in [4.69, 9.17) is 0 Å². The molecule has 462 valence electrons. The fraction of sp³-hybridized carbons (Fsp3) is 0.0213. The van der Waals surface area contributed by atoms with Crippen molar-refractivity contribution in [3.8, 4) is 57.1 Å². The summed E-state index contributed by atoms with van der Waals surface area (Å²) < 4.78 is 9.29. The number of para-hydroxylation sites is 6. The van der Waals surface area contributed by atoms with E-state index in [9.17, 15) is 10.5 Å². The molecule has 0 saturated heterocycles. The Labute approximate surface area is 575 Å². The average molecular weight is 1270 g/mol. The lowest BCUT2D eigenvalue weighted by Gasteiger charge is -2.34. The highest BCUT2D eigenvalue weighted by Gasteiger charge is 2.49. The summed E-state index contributed by atoms with van der Waals surface area (Å²) in [5, 5.41) is 35.1. The van der Waals surface area contributed by atoms with Gasteiger partial charge < -0.3 is 18.3 Å². The van der Waals surface area contributed by atoms with Gasteiger partial charge >= 0.3 is 0 Å². The van der Waals surface area contributed by atoms with Gasteiger partial charge in [0.2, 0.25) is 0 Å². The van der Waals surface area contributed by atoms with Gasteiger partial charge in [0.1, 0.15) is 23.3 Å². The number of nitriles is 2. The van der Waals surface area contributed by atoms with Gasteiger partial charge in [-0.3, -0.25) is 0 Å². The van der Waals surface area contributed by atoms with Crippen molar-refractivity contribution in [1.82, 2.24) is 18.3 Å². The molecular weight excluding hydrogens is 1210 g/mol. The van der Waals surface area contributed by atoms with Gasteiger partial charge in [0, 0.05) is 43.1 Å². The molecule has 0 saturated carbocycles. The molecular formula is C94H56N6. The molecule has 19 aromatic rings. The molecule has 6 heteroatoms. The predicted molar refractivity (Wildman–Crippen MR) is 408 cm³/mol. The lowest BCUT2D eigenvalue weighted by Crippen LogP contribution is -2.28. The Balaban J connectivity index is 0.990. The minimum atomic E-state index is -0.688. The van der Waals surface area contributed by atoms with Crippen molar-refractivity contribution < 1.29 is 0 Å². The summed E-state index contributed by atoms with van der Waals surface area (Å²) in [6.07, 6.45) is 0. The van der Waals surface area contributed by atoms with E-state index in [-0.39, 0.29) is 0 Å². The molecule has 21 rings (SSSR count). The normalized spacial score (nSPS) is 13.3. The molecule has 2 aliphatic rings. The molecule has 2 aliphatic carbocycles. The van der Waals surface area contributed by atoms with Crippen molar-refractivity contribution in [1.29, 1.82) is 10.5 Å². The number of nitrogens with zero attached hydrogens (tertiary/aromatic N) is 6. The van der Waals surface area contributed by atoms with Crippen LogP contribution in [0.15, 0.2) is 340 Å². The first-order valence-corrected chi connectivity index (χ1v) is 34.2. The molecule has 0 unspecified atom stereocenters. The molecule has 100 heavy (non-hydrogen) atoms. The molecule has 0 spiro atoms. The third-order valence-corrected chi connectivity index (χ3v) is 22.2. The molecule has 0 amide bonds. The number of aromatic nitrogens is 4. The molecule has 0 aliphatic heterocycles. The monoisotopic (exact) mass is 1270 g/mol. The topological polar surface area (TPSA) is 67.3 Å². The van der Waals surface area contributed by atoms with Crippen LogP contribution >= 0.6 is 0 Å². The van der Waals surface area contributed by atoms with E-state index < -0.39 is 10.8 Å². The Morgan fingerprint density at radius 1 is 0.210 bits per heavy atom. The molecule has 4 aromatic heterocycles. The highest BCUT2D eigenvalue weighted by molar-refractivity contribution is 6.22. The van der Waals surface area contributed by atoms with Crippen LogP contribution in [0.5, 0.6) is 0 Å². The maximum atomic E-state index is 13.4. The first-order valence-electron chi connectivity index (χ1n) is 34.2. The maximum absolute atomic E-state index is 13.4. The molecule has 0 bridgehead atoms. The predicted octanol–water partition coefficient (Wildman–Crippen LogP) is 22.5. The smallest absolute Gasteiger partial charge is 0.104 e. The summed E-state index contributed by atoms with van der Waals surface area (Å²) in [7, 11) is 0. The van der Waals surface area contributed by atoms with Gasteiger partial charge in [-0.05, 0) is 115 Å². The van der Waals surface area contributed by atoms with Crippen LogP contribution in [0.2, 0.25) is 0 Å². The van der Waals surface area contributed by atoms with E-state index >= 15 is 0 Å². The first kappa shape index (κ1) is 55.7. The van der Waals surface area contributed by atoms with Gasteiger partial charge in [0.05, 0.1) is 77.7 Å². The number of fused-ring (bicyclic) bond motifs is 20. The summed E-state index contributed by atoms with van der Waals surface area (Å²) in [5.41, 5.74) is 23.0. The van der Waals surface area contributed by atoms with E-state index in [1.165, 1.54) is 44.5 Å².